The number of hydrogen-bond acceptors (Lipinski definition) is 2. The Bertz CT molecular complexity index is 910. The molecule has 3 amide bonds. The molecule has 2 aromatic carbocycles. The Morgan fingerprint density at radius 2 is 1.79 bits per heavy atom. The van der Waals surface area contributed by atoms with E-state index in [-0.39, 0.29) is 17.4 Å². The molecule has 0 aromatic heterocycles. The summed E-state index contributed by atoms with van der Waals surface area (Å²) in [6.45, 7) is 6.16. The van der Waals surface area contributed by atoms with Crippen LogP contribution in [0, 0.1) is 5.41 Å². The van der Waals surface area contributed by atoms with Gasteiger partial charge in [-0.1, -0.05) is 79.2 Å². The van der Waals surface area contributed by atoms with Crippen LogP contribution in [0.4, 0.5) is 4.79 Å². The van der Waals surface area contributed by atoms with Gasteiger partial charge in [0.2, 0.25) is 0 Å². The van der Waals surface area contributed by atoms with Crippen LogP contribution in [-0.4, -0.2) is 42.0 Å². The molecule has 0 saturated carbocycles. The van der Waals surface area contributed by atoms with E-state index in [9.17, 15) is 9.59 Å². The monoisotopic (exact) mass is 457 g/mol. The van der Waals surface area contributed by atoms with Crippen molar-refractivity contribution in [2.75, 3.05) is 14.1 Å². The van der Waals surface area contributed by atoms with Gasteiger partial charge in [-0.05, 0) is 23.3 Å². The quantitative estimate of drug-likeness (QED) is 0.743. The van der Waals surface area contributed by atoms with Crippen LogP contribution in [0.25, 0.3) is 0 Å². The molecule has 0 radical (unpaired) electrons. The lowest BCUT2D eigenvalue weighted by atomic mass is 9.81. The number of benzene rings is 2. The molecule has 0 aliphatic carbocycles. The van der Waals surface area contributed by atoms with Crippen molar-refractivity contribution in [1.29, 1.82) is 0 Å². The van der Waals surface area contributed by atoms with Crippen molar-refractivity contribution in [2.45, 2.75) is 38.9 Å². The summed E-state index contributed by atoms with van der Waals surface area (Å²) in [6, 6.07) is 17.3. The molecule has 1 saturated heterocycles. The highest BCUT2D eigenvalue weighted by Gasteiger charge is 2.61. The molecular formula is C23H28BrN3O2. The average Bonchev–Trinajstić information content (AvgIpc) is 2.91. The molecule has 1 aliphatic rings. The minimum atomic E-state index is -1.14. The van der Waals surface area contributed by atoms with Gasteiger partial charge in [-0.2, -0.15) is 0 Å². The van der Waals surface area contributed by atoms with Crippen LogP contribution in [0.2, 0.25) is 0 Å². The minimum Gasteiger partial charge on any atom is -0.341 e. The summed E-state index contributed by atoms with van der Waals surface area (Å²) < 4.78 is 0.869. The molecule has 2 unspecified atom stereocenters. The number of halogens is 1. The second-order valence-electron chi connectivity index (χ2n) is 8.61. The van der Waals surface area contributed by atoms with E-state index in [2.05, 4.69) is 42.0 Å². The molecule has 0 bridgehead atoms. The topological polar surface area (TPSA) is 52.7 Å². The van der Waals surface area contributed by atoms with Crippen LogP contribution in [0.3, 0.4) is 0 Å². The molecule has 2 atom stereocenters. The van der Waals surface area contributed by atoms with Gasteiger partial charge < -0.3 is 10.2 Å². The fourth-order valence-electron chi connectivity index (χ4n) is 4.42. The summed E-state index contributed by atoms with van der Waals surface area (Å²) in [5, 5.41) is 2.77. The van der Waals surface area contributed by atoms with Crippen molar-refractivity contribution < 1.29 is 9.59 Å². The molecule has 29 heavy (non-hydrogen) atoms. The van der Waals surface area contributed by atoms with Crippen molar-refractivity contribution in [3.05, 3.63) is 70.2 Å². The van der Waals surface area contributed by atoms with Gasteiger partial charge in [-0.15, -0.1) is 0 Å². The van der Waals surface area contributed by atoms with Crippen molar-refractivity contribution in [2.24, 2.45) is 5.41 Å². The second-order valence-corrected chi connectivity index (χ2v) is 9.53. The molecule has 5 nitrogen and oxygen atoms in total. The lowest BCUT2D eigenvalue weighted by Gasteiger charge is -2.43. The van der Waals surface area contributed by atoms with Gasteiger partial charge in [0.05, 0.1) is 0 Å². The molecule has 6 heteroatoms. The summed E-state index contributed by atoms with van der Waals surface area (Å²) >= 11 is 3.54. The van der Waals surface area contributed by atoms with E-state index < -0.39 is 11.7 Å². The minimum absolute atomic E-state index is 0.0806. The normalized spacial score (nSPS) is 22.1. The van der Waals surface area contributed by atoms with Crippen molar-refractivity contribution in [3.63, 3.8) is 0 Å². The Morgan fingerprint density at radius 3 is 2.34 bits per heavy atom. The predicted octanol–water partition coefficient (Wildman–Crippen LogP) is 4.37. The van der Waals surface area contributed by atoms with E-state index >= 15 is 0 Å². The number of amides is 3. The predicted molar refractivity (Wildman–Crippen MR) is 118 cm³/mol. The number of hydrogen-bond donors (Lipinski definition) is 1. The van der Waals surface area contributed by atoms with E-state index in [0.717, 1.165) is 15.6 Å². The average molecular weight is 458 g/mol. The lowest BCUT2D eigenvalue weighted by Crippen LogP contribution is -2.58. The van der Waals surface area contributed by atoms with E-state index in [4.69, 9.17) is 0 Å². The van der Waals surface area contributed by atoms with Crippen LogP contribution >= 0.6 is 15.9 Å². The lowest BCUT2D eigenvalue weighted by molar-refractivity contribution is -0.133. The maximum atomic E-state index is 13.9. The van der Waals surface area contributed by atoms with Crippen molar-refractivity contribution in [1.82, 2.24) is 15.1 Å². The highest BCUT2D eigenvalue weighted by molar-refractivity contribution is 9.10. The zero-order chi connectivity index (χ0) is 21.4. The Kier molecular flexibility index (Phi) is 5.77. The first-order chi connectivity index (χ1) is 13.6. The van der Waals surface area contributed by atoms with Gasteiger partial charge in [0, 0.05) is 30.4 Å². The molecule has 2 aromatic rings. The first-order valence-electron chi connectivity index (χ1n) is 9.71. The Balaban J connectivity index is 2.31. The van der Waals surface area contributed by atoms with Crippen molar-refractivity contribution in [3.8, 4) is 0 Å². The van der Waals surface area contributed by atoms with Crippen LogP contribution in [0.1, 0.15) is 31.9 Å². The number of nitrogens with one attached hydrogen (secondary N) is 1. The van der Waals surface area contributed by atoms with Gasteiger partial charge in [-0.3, -0.25) is 9.69 Å². The zero-order valence-corrected chi connectivity index (χ0v) is 19.2. The number of likely N-dealkylation sites (N-methyl/N-ethyl adjacent to an activating group) is 1. The standard InChI is InChI=1S/C23H28BrN3O2/c1-22(2,3)19-26(5)20(28)23(27(19)21(29)25-4,15-16-10-7-6-8-11-16)17-12-9-13-18(24)14-17/h6-14,19H,15H2,1-5H3,(H,25,29). The first kappa shape index (κ1) is 21.4. The number of carbonyl (C=O) groups is 2. The van der Waals surface area contributed by atoms with Crippen LogP contribution in [0.15, 0.2) is 59.1 Å². The Hall–Kier alpha value is -2.34. The van der Waals surface area contributed by atoms with Gasteiger partial charge >= 0.3 is 6.03 Å². The highest BCUT2D eigenvalue weighted by Crippen LogP contribution is 2.47. The number of carbonyl (C=O) groups excluding carboxylic acids is 2. The summed E-state index contributed by atoms with van der Waals surface area (Å²) in [5.74, 6) is -0.0806. The molecular weight excluding hydrogens is 430 g/mol. The SMILES string of the molecule is CNC(=O)N1C(C(C)(C)C)N(C)C(=O)C1(Cc1ccccc1)c1cccc(Br)c1. The van der Waals surface area contributed by atoms with Gasteiger partial charge in [0.15, 0.2) is 5.54 Å². The fourth-order valence-corrected chi connectivity index (χ4v) is 4.82. The van der Waals surface area contributed by atoms with E-state index in [1.807, 2.05) is 54.6 Å². The third-order valence-corrected chi connectivity index (χ3v) is 6.00. The smallest absolute Gasteiger partial charge is 0.319 e. The Morgan fingerprint density at radius 1 is 1.14 bits per heavy atom. The van der Waals surface area contributed by atoms with Crippen LogP contribution < -0.4 is 5.32 Å². The number of urea groups is 1. The molecule has 3 rings (SSSR count). The first-order valence-corrected chi connectivity index (χ1v) is 10.5. The molecule has 154 valence electrons. The van der Waals surface area contributed by atoms with E-state index in [1.165, 1.54) is 0 Å². The summed E-state index contributed by atoms with van der Waals surface area (Å²) in [4.78, 5) is 30.6. The maximum absolute atomic E-state index is 13.9. The maximum Gasteiger partial charge on any atom is 0.319 e. The molecule has 1 N–H and O–H groups in total. The largest absolute Gasteiger partial charge is 0.341 e. The van der Waals surface area contributed by atoms with E-state index in [1.54, 1.807) is 23.9 Å². The molecule has 1 aliphatic heterocycles. The number of rotatable bonds is 3. The molecule has 0 spiro atoms. The molecule has 1 heterocycles. The van der Waals surface area contributed by atoms with E-state index in [0.29, 0.717) is 6.42 Å². The third kappa shape index (κ3) is 3.66. The highest BCUT2D eigenvalue weighted by atomic mass is 79.9. The van der Waals surface area contributed by atoms with Crippen molar-refractivity contribution >= 4 is 27.9 Å². The van der Waals surface area contributed by atoms with Gasteiger partial charge in [-0.25, -0.2) is 4.79 Å². The number of nitrogens with zero attached hydrogens (tertiary/aromatic N) is 2. The van der Waals surface area contributed by atoms with Gasteiger partial charge in [0.1, 0.15) is 6.17 Å². The zero-order valence-electron chi connectivity index (χ0n) is 17.6. The summed E-state index contributed by atoms with van der Waals surface area (Å²) in [7, 11) is 3.40. The fraction of sp³-hybridized carbons (Fsp3) is 0.391. The Labute approximate surface area is 181 Å². The third-order valence-electron chi connectivity index (χ3n) is 5.51. The van der Waals surface area contributed by atoms with Gasteiger partial charge in [0.25, 0.3) is 5.91 Å². The summed E-state index contributed by atoms with van der Waals surface area (Å²) in [5.41, 5.74) is 0.319. The summed E-state index contributed by atoms with van der Waals surface area (Å²) in [6.07, 6.45) is 0.00523. The second kappa shape index (κ2) is 7.82. The van der Waals surface area contributed by atoms with Crippen LogP contribution in [-0.2, 0) is 16.8 Å². The van der Waals surface area contributed by atoms with Crippen LogP contribution in [0.5, 0.6) is 0 Å². The molecule has 1 fully saturated rings.